The zero-order valence-corrected chi connectivity index (χ0v) is 11.0. The van der Waals surface area contributed by atoms with E-state index in [1.807, 2.05) is 6.92 Å². The first-order chi connectivity index (χ1) is 8.15. The highest BCUT2D eigenvalue weighted by Crippen LogP contribution is 2.25. The van der Waals surface area contributed by atoms with Crippen LogP contribution in [0.5, 0.6) is 0 Å². The summed E-state index contributed by atoms with van der Waals surface area (Å²) < 4.78 is 0.765. The quantitative estimate of drug-likeness (QED) is 0.580. The standard InChI is InChI=1S/C9H15BrN6O/c1-2-12-7-6(10)8(16-5-15-7)13-3-4-14-9(11)17/h5H,2-4H2,1H3,(H3,11,14,17)(H2,12,13,15,16). The summed E-state index contributed by atoms with van der Waals surface area (Å²) in [7, 11) is 0. The largest absolute Gasteiger partial charge is 0.369 e. The molecule has 17 heavy (non-hydrogen) atoms. The summed E-state index contributed by atoms with van der Waals surface area (Å²) in [5.74, 6) is 1.40. The molecule has 8 heteroatoms. The van der Waals surface area contributed by atoms with Crippen molar-refractivity contribution in [2.45, 2.75) is 6.92 Å². The summed E-state index contributed by atoms with van der Waals surface area (Å²) in [6.45, 7) is 3.73. The zero-order valence-electron chi connectivity index (χ0n) is 9.46. The first-order valence-electron chi connectivity index (χ1n) is 5.16. The Bertz CT molecular complexity index is 386. The van der Waals surface area contributed by atoms with E-state index >= 15 is 0 Å². The Morgan fingerprint density at radius 2 is 2.00 bits per heavy atom. The Labute approximate surface area is 108 Å². The number of nitrogens with one attached hydrogen (secondary N) is 3. The molecule has 2 amide bonds. The number of rotatable bonds is 6. The van der Waals surface area contributed by atoms with Crippen LogP contribution in [0.4, 0.5) is 16.4 Å². The Morgan fingerprint density at radius 1 is 1.35 bits per heavy atom. The summed E-state index contributed by atoms with van der Waals surface area (Å²) in [5, 5.41) is 8.63. The van der Waals surface area contributed by atoms with Gasteiger partial charge in [-0.25, -0.2) is 14.8 Å². The lowest BCUT2D eigenvalue weighted by molar-refractivity contribution is 0.249. The van der Waals surface area contributed by atoms with Crippen molar-refractivity contribution in [1.82, 2.24) is 15.3 Å². The molecular formula is C9H15BrN6O. The molecule has 0 radical (unpaired) electrons. The average Bonchev–Trinajstić information content (AvgIpc) is 2.29. The number of anilines is 2. The fourth-order valence-corrected chi connectivity index (χ4v) is 1.64. The summed E-state index contributed by atoms with van der Waals surface area (Å²) in [4.78, 5) is 18.6. The van der Waals surface area contributed by atoms with Gasteiger partial charge in [0.25, 0.3) is 0 Å². The van der Waals surface area contributed by atoms with Gasteiger partial charge in [-0.3, -0.25) is 0 Å². The van der Waals surface area contributed by atoms with E-state index in [0.717, 1.165) is 16.8 Å². The number of carbonyl (C=O) groups is 1. The highest BCUT2D eigenvalue weighted by Gasteiger charge is 2.06. The summed E-state index contributed by atoms with van der Waals surface area (Å²) >= 11 is 3.40. The molecule has 0 saturated carbocycles. The fourth-order valence-electron chi connectivity index (χ4n) is 1.15. The van der Waals surface area contributed by atoms with Crippen LogP contribution in [0.15, 0.2) is 10.8 Å². The molecule has 0 atom stereocenters. The number of nitrogens with two attached hydrogens (primary N) is 1. The number of carbonyl (C=O) groups excluding carboxylic acids is 1. The summed E-state index contributed by atoms with van der Waals surface area (Å²) in [6.07, 6.45) is 1.46. The van der Waals surface area contributed by atoms with E-state index in [4.69, 9.17) is 5.73 Å². The molecule has 0 saturated heterocycles. The average molecular weight is 303 g/mol. The molecule has 94 valence electrons. The van der Waals surface area contributed by atoms with Gasteiger partial charge in [-0.1, -0.05) is 0 Å². The van der Waals surface area contributed by atoms with Gasteiger partial charge in [-0.15, -0.1) is 0 Å². The van der Waals surface area contributed by atoms with Gasteiger partial charge in [0, 0.05) is 19.6 Å². The third-order valence-corrected chi connectivity index (χ3v) is 2.60. The maximum Gasteiger partial charge on any atom is 0.312 e. The molecule has 0 aliphatic carbocycles. The second-order valence-corrected chi connectivity index (χ2v) is 3.93. The molecule has 1 aromatic rings. The van der Waals surface area contributed by atoms with E-state index in [-0.39, 0.29) is 0 Å². The zero-order chi connectivity index (χ0) is 12.7. The van der Waals surface area contributed by atoms with E-state index in [9.17, 15) is 4.79 Å². The number of aromatic nitrogens is 2. The van der Waals surface area contributed by atoms with Crippen LogP contribution in [0, 0.1) is 0 Å². The van der Waals surface area contributed by atoms with Crippen molar-refractivity contribution in [3.63, 3.8) is 0 Å². The van der Waals surface area contributed by atoms with E-state index in [2.05, 4.69) is 41.8 Å². The van der Waals surface area contributed by atoms with Gasteiger partial charge in [0.15, 0.2) is 0 Å². The first-order valence-corrected chi connectivity index (χ1v) is 5.96. The molecule has 0 bridgehead atoms. The number of urea groups is 1. The van der Waals surface area contributed by atoms with Crippen LogP contribution in [0.1, 0.15) is 6.92 Å². The molecule has 5 N–H and O–H groups in total. The van der Waals surface area contributed by atoms with Gasteiger partial charge in [0.1, 0.15) is 22.4 Å². The van der Waals surface area contributed by atoms with Crippen LogP contribution in [-0.4, -0.2) is 35.6 Å². The Balaban J connectivity index is 2.53. The molecular weight excluding hydrogens is 288 g/mol. The number of hydrogen-bond acceptors (Lipinski definition) is 5. The van der Waals surface area contributed by atoms with E-state index < -0.39 is 6.03 Å². The molecule has 0 aliphatic heterocycles. The molecule has 0 spiro atoms. The topological polar surface area (TPSA) is 105 Å². The van der Waals surface area contributed by atoms with Crippen molar-refractivity contribution in [2.24, 2.45) is 5.73 Å². The van der Waals surface area contributed by atoms with Crippen LogP contribution in [0.3, 0.4) is 0 Å². The molecule has 1 aromatic heterocycles. The molecule has 0 fully saturated rings. The summed E-state index contributed by atoms with van der Waals surface area (Å²) in [6, 6.07) is -0.540. The minimum absolute atomic E-state index is 0.433. The van der Waals surface area contributed by atoms with Crippen molar-refractivity contribution in [2.75, 3.05) is 30.3 Å². The molecule has 0 unspecified atom stereocenters. The lowest BCUT2D eigenvalue weighted by atomic mass is 10.5. The monoisotopic (exact) mass is 302 g/mol. The van der Waals surface area contributed by atoms with Crippen molar-refractivity contribution >= 4 is 33.6 Å². The van der Waals surface area contributed by atoms with Crippen molar-refractivity contribution < 1.29 is 4.79 Å². The van der Waals surface area contributed by atoms with Crippen LogP contribution in [0.2, 0.25) is 0 Å². The van der Waals surface area contributed by atoms with Gasteiger partial charge in [-0.2, -0.15) is 0 Å². The molecule has 7 nitrogen and oxygen atoms in total. The number of nitrogens with zero attached hydrogens (tertiary/aromatic N) is 2. The maximum absolute atomic E-state index is 10.5. The maximum atomic E-state index is 10.5. The van der Waals surface area contributed by atoms with E-state index in [0.29, 0.717) is 18.9 Å². The molecule has 0 aliphatic rings. The lowest BCUT2D eigenvalue weighted by Crippen LogP contribution is -2.33. The number of halogens is 1. The number of primary amides is 1. The summed E-state index contributed by atoms with van der Waals surface area (Å²) in [5.41, 5.74) is 4.94. The predicted molar refractivity (Wildman–Crippen MR) is 70.0 cm³/mol. The fraction of sp³-hybridized carbons (Fsp3) is 0.444. The van der Waals surface area contributed by atoms with Crippen molar-refractivity contribution in [3.8, 4) is 0 Å². The van der Waals surface area contributed by atoms with Gasteiger partial charge < -0.3 is 21.7 Å². The smallest absolute Gasteiger partial charge is 0.312 e. The third-order valence-electron chi connectivity index (χ3n) is 1.85. The normalized spacial score (nSPS) is 9.76. The van der Waals surface area contributed by atoms with Crippen molar-refractivity contribution in [3.05, 3.63) is 10.8 Å². The number of amides is 2. The van der Waals surface area contributed by atoms with Gasteiger partial charge in [0.2, 0.25) is 0 Å². The number of hydrogen-bond donors (Lipinski definition) is 4. The Kier molecular flexibility index (Phi) is 5.47. The van der Waals surface area contributed by atoms with Gasteiger partial charge in [0.05, 0.1) is 0 Å². The van der Waals surface area contributed by atoms with E-state index in [1.54, 1.807) is 0 Å². The Hall–Kier alpha value is -1.57. The SMILES string of the molecule is CCNc1ncnc(NCCNC(N)=O)c1Br. The van der Waals surface area contributed by atoms with Crippen LogP contribution >= 0.6 is 15.9 Å². The second kappa shape index (κ2) is 6.89. The van der Waals surface area contributed by atoms with Crippen molar-refractivity contribution in [1.29, 1.82) is 0 Å². The van der Waals surface area contributed by atoms with Crippen LogP contribution in [0.25, 0.3) is 0 Å². The van der Waals surface area contributed by atoms with Gasteiger partial charge in [-0.05, 0) is 22.9 Å². The molecule has 1 rings (SSSR count). The highest BCUT2D eigenvalue weighted by atomic mass is 79.9. The second-order valence-electron chi connectivity index (χ2n) is 3.13. The van der Waals surface area contributed by atoms with Crippen LogP contribution in [-0.2, 0) is 0 Å². The predicted octanol–water partition coefficient (Wildman–Crippen LogP) is 0.751. The van der Waals surface area contributed by atoms with E-state index in [1.165, 1.54) is 6.33 Å². The molecule has 1 heterocycles. The minimum Gasteiger partial charge on any atom is -0.369 e. The molecule has 0 aromatic carbocycles. The van der Waals surface area contributed by atoms with Gasteiger partial charge >= 0.3 is 6.03 Å². The highest BCUT2D eigenvalue weighted by molar-refractivity contribution is 9.10. The van der Waals surface area contributed by atoms with Crippen LogP contribution < -0.4 is 21.7 Å². The third kappa shape index (κ3) is 4.43. The Morgan fingerprint density at radius 3 is 2.59 bits per heavy atom. The first kappa shape index (κ1) is 13.5. The lowest BCUT2D eigenvalue weighted by Gasteiger charge is -2.10. The minimum atomic E-state index is -0.540.